The van der Waals surface area contributed by atoms with E-state index in [0.29, 0.717) is 24.7 Å². The van der Waals surface area contributed by atoms with E-state index < -0.39 is 0 Å². The van der Waals surface area contributed by atoms with Gasteiger partial charge in [0.1, 0.15) is 11.6 Å². The van der Waals surface area contributed by atoms with Crippen molar-refractivity contribution >= 4 is 17.2 Å². The second kappa shape index (κ2) is 9.44. The number of hydrogen-bond acceptors (Lipinski definition) is 7. The Kier molecular flexibility index (Phi) is 6.28. The molecule has 0 aliphatic heterocycles. The molecule has 7 nitrogen and oxygen atoms in total. The number of nitrogens with zero attached hydrogens (tertiary/aromatic N) is 4. The molecule has 1 N–H and O–H groups in total. The van der Waals surface area contributed by atoms with Gasteiger partial charge in [-0.3, -0.25) is 4.79 Å². The van der Waals surface area contributed by atoms with Gasteiger partial charge in [-0.25, -0.2) is 19.9 Å². The zero-order valence-electron chi connectivity index (χ0n) is 17.2. The number of ether oxygens (including phenoxy) is 1. The third kappa shape index (κ3) is 4.92. The molecule has 0 aliphatic carbocycles. The van der Waals surface area contributed by atoms with Gasteiger partial charge in [-0.15, -0.1) is 11.3 Å². The van der Waals surface area contributed by atoms with E-state index in [0.717, 1.165) is 32.5 Å². The van der Waals surface area contributed by atoms with E-state index in [1.807, 2.05) is 56.3 Å². The molecule has 1 aromatic carbocycles. The van der Waals surface area contributed by atoms with Crippen molar-refractivity contribution in [2.24, 2.45) is 0 Å². The summed E-state index contributed by atoms with van der Waals surface area (Å²) in [6.45, 7) is 4.76. The monoisotopic (exact) mass is 431 g/mol. The highest BCUT2D eigenvalue weighted by Gasteiger charge is 2.13. The summed E-state index contributed by atoms with van der Waals surface area (Å²) < 4.78 is 5.61. The van der Waals surface area contributed by atoms with Crippen LogP contribution in [0.3, 0.4) is 0 Å². The molecule has 0 atom stereocenters. The van der Waals surface area contributed by atoms with Crippen molar-refractivity contribution in [2.75, 3.05) is 6.54 Å². The lowest BCUT2D eigenvalue weighted by Crippen LogP contribution is -2.22. The van der Waals surface area contributed by atoms with Gasteiger partial charge in [0.25, 0.3) is 5.91 Å². The number of aryl methyl sites for hydroxylation is 1. The molecule has 31 heavy (non-hydrogen) atoms. The number of amides is 1. The lowest BCUT2D eigenvalue weighted by atomic mass is 10.1. The van der Waals surface area contributed by atoms with Crippen molar-refractivity contribution in [1.82, 2.24) is 25.3 Å². The van der Waals surface area contributed by atoms with Gasteiger partial charge in [-0.05, 0) is 44.2 Å². The van der Waals surface area contributed by atoms with Crippen LogP contribution in [0.2, 0.25) is 0 Å². The van der Waals surface area contributed by atoms with E-state index in [-0.39, 0.29) is 5.91 Å². The second-order valence-corrected chi connectivity index (χ2v) is 7.77. The zero-order valence-corrected chi connectivity index (χ0v) is 18.0. The van der Waals surface area contributed by atoms with Gasteiger partial charge in [0.2, 0.25) is 0 Å². The van der Waals surface area contributed by atoms with E-state index in [1.165, 1.54) is 0 Å². The minimum absolute atomic E-state index is 0.0771. The Balaban J connectivity index is 1.53. The highest BCUT2D eigenvalue weighted by molar-refractivity contribution is 7.15. The van der Waals surface area contributed by atoms with Gasteiger partial charge in [-0.1, -0.05) is 18.2 Å². The van der Waals surface area contributed by atoms with E-state index in [4.69, 9.17) is 9.72 Å². The number of thiazole rings is 1. The molecule has 0 spiro atoms. The Hall–Kier alpha value is -3.65. The summed E-state index contributed by atoms with van der Waals surface area (Å²) in [5.41, 5.74) is 4.16. The van der Waals surface area contributed by atoms with Gasteiger partial charge >= 0.3 is 6.01 Å². The molecule has 0 aliphatic rings. The Morgan fingerprint density at radius 3 is 2.48 bits per heavy atom. The van der Waals surface area contributed by atoms with Gasteiger partial charge in [0.05, 0.1) is 22.0 Å². The maximum absolute atomic E-state index is 12.0. The number of pyridine rings is 1. The lowest BCUT2D eigenvalue weighted by Gasteiger charge is -2.06. The first-order valence-electron chi connectivity index (χ1n) is 9.86. The molecule has 3 heterocycles. The van der Waals surface area contributed by atoms with E-state index in [9.17, 15) is 4.79 Å². The van der Waals surface area contributed by atoms with Crippen LogP contribution in [0.4, 0.5) is 0 Å². The smallest absolute Gasteiger partial charge is 0.316 e. The molecular formula is C23H21N5O2S. The molecule has 1 amide bonds. The molecule has 4 aromatic rings. The summed E-state index contributed by atoms with van der Waals surface area (Å²) in [7, 11) is 0. The number of hydrogen-bond donors (Lipinski definition) is 1. The van der Waals surface area contributed by atoms with Crippen molar-refractivity contribution in [1.29, 1.82) is 0 Å². The fraction of sp³-hybridized carbons (Fsp3) is 0.174. The summed E-state index contributed by atoms with van der Waals surface area (Å²) in [6, 6.07) is 15.4. The standard InChI is InChI=1S/C23H21N5O2S/c1-3-24-22(29)17-10-8-16(9-11-17)18-6-4-7-19(28-18)21-15(2)27-20(31-21)14-30-23-25-12-5-13-26-23/h4-13H,3,14H2,1-2H3,(H,24,29). The maximum Gasteiger partial charge on any atom is 0.316 e. The largest absolute Gasteiger partial charge is 0.456 e. The van der Waals surface area contributed by atoms with Crippen molar-refractivity contribution in [3.8, 4) is 27.8 Å². The SMILES string of the molecule is CCNC(=O)c1ccc(-c2cccc(-c3sc(COc4ncccn4)nc3C)n2)cc1. The average molecular weight is 432 g/mol. The first-order valence-corrected chi connectivity index (χ1v) is 10.7. The summed E-state index contributed by atoms with van der Waals surface area (Å²) in [5.74, 6) is -0.0771. The van der Waals surface area contributed by atoms with Gasteiger partial charge in [0.15, 0.2) is 0 Å². The maximum atomic E-state index is 12.0. The first-order chi connectivity index (χ1) is 15.1. The summed E-state index contributed by atoms with van der Waals surface area (Å²) >= 11 is 1.54. The predicted octanol–water partition coefficient (Wildman–Crippen LogP) is 4.30. The average Bonchev–Trinajstić information content (AvgIpc) is 3.19. The van der Waals surface area contributed by atoms with Crippen LogP contribution in [0, 0.1) is 6.92 Å². The molecule has 3 aromatic heterocycles. The quantitative estimate of drug-likeness (QED) is 0.469. The van der Waals surface area contributed by atoms with Crippen LogP contribution in [-0.4, -0.2) is 32.4 Å². The lowest BCUT2D eigenvalue weighted by molar-refractivity contribution is 0.0956. The number of aromatic nitrogens is 4. The molecule has 0 radical (unpaired) electrons. The summed E-state index contributed by atoms with van der Waals surface area (Å²) in [6.07, 6.45) is 3.28. The van der Waals surface area contributed by atoms with Gasteiger partial charge in [0, 0.05) is 30.1 Å². The van der Waals surface area contributed by atoms with Crippen molar-refractivity contribution in [2.45, 2.75) is 20.5 Å². The predicted molar refractivity (Wildman–Crippen MR) is 120 cm³/mol. The Labute approximate surface area is 184 Å². The summed E-state index contributed by atoms with van der Waals surface area (Å²) in [4.78, 5) is 30.5. The van der Waals surface area contributed by atoms with E-state index >= 15 is 0 Å². The van der Waals surface area contributed by atoms with Crippen LogP contribution in [0.15, 0.2) is 60.9 Å². The Morgan fingerprint density at radius 1 is 1.00 bits per heavy atom. The molecule has 0 unspecified atom stereocenters. The normalized spacial score (nSPS) is 10.6. The highest BCUT2D eigenvalue weighted by atomic mass is 32.1. The van der Waals surface area contributed by atoms with Crippen LogP contribution in [-0.2, 0) is 6.61 Å². The molecule has 0 saturated heterocycles. The molecular weight excluding hydrogens is 410 g/mol. The van der Waals surface area contributed by atoms with Crippen LogP contribution in [0.25, 0.3) is 21.8 Å². The molecule has 0 fully saturated rings. The van der Waals surface area contributed by atoms with Crippen LogP contribution >= 0.6 is 11.3 Å². The highest BCUT2D eigenvalue weighted by Crippen LogP contribution is 2.30. The van der Waals surface area contributed by atoms with Crippen molar-refractivity contribution < 1.29 is 9.53 Å². The molecule has 4 rings (SSSR count). The van der Waals surface area contributed by atoms with Gasteiger partial charge in [-0.2, -0.15) is 0 Å². The minimum atomic E-state index is -0.0771. The van der Waals surface area contributed by atoms with E-state index in [1.54, 1.807) is 29.8 Å². The Bertz CT molecular complexity index is 1180. The topological polar surface area (TPSA) is 89.9 Å². The molecule has 8 heteroatoms. The van der Waals surface area contributed by atoms with Crippen LogP contribution in [0.1, 0.15) is 28.0 Å². The second-order valence-electron chi connectivity index (χ2n) is 6.69. The fourth-order valence-corrected chi connectivity index (χ4v) is 3.96. The number of nitrogens with one attached hydrogen (secondary N) is 1. The van der Waals surface area contributed by atoms with Crippen molar-refractivity contribution in [3.05, 3.63) is 77.2 Å². The van der Waals surface area contributed by atoms with Crippen LogP contribution < -0.4 is 10.1 Å². The van der Waals surface area contributed by atoms with E-state index in [2.05, 4.69) is 20.3 Å². The summed E-state index contributed by atoms with van der Waals surface area (Å²) in [5, 5.41) is 3.63. The Morgan fingerprint density at radius 2 is 1.74 bits per heavy atom. The number of carbonyl (C=O) groups excluding carboxylic acids is 1. The van der Waals surface area contributed by atoms with Gasteiger partial charge < -0.3 is 10.1 Å². The molecule has 156 valence electrons. The number of benzene rings is 1. The number of rotatable bonds is 7. The molecule has 0 bridgehead atoms. The third-order valence-electron chi connectivity index (χ3n) is 4.47. The fourth-order valence-electron chi connectivity index (χ4n) is 3.01. The number of carbonyl (C=O) groups is 1. The van der Waals surface area contributed by atoms with Crippen LogP contribution in [0.5, 0.6) is 6.01 Å². The minimum Gasteiger partial charge on any atom is -0.456 e. The molecule has 0 saturated carbocycles. The first kappa shape index (κ1) is 20.6. The third-order valence-corrected chi connectivity index (χ3v) is 5.62. The zero-order chi connectivity index (χ0) is 21.6. The van der Waals surface area contributed by atoms with Crippen molar-refractivity contribution in [3.63, 3.8) is 0 Å².